The van der Waals surface area contributed by atoms with E-state index in [0.29, 0.717) is 22.1 Å². The van der Waals surface area contributed by atoms with Crippen molar-refractivity contribution in [3.8, 4) is 11.5 Å². The highest BCUT2D eigenvalue weighted by molar-refractivity contribution is 5.98. The van der Waals surface area contributed by atoms with Gasteiger partial charge in [-0.3, -0.25) is 9.59 Å². The average molecular weight is 631 g/mol. The van der Waals surface area contributed by atoms with Crippen LogP contribution in [0.2, 0.25) is 0 Å². The lowest BCUT2D eigenvalue weighted by Gasteiger charge is -2.40. The smallest absolute Gasteiger partial charge is 0.349 e. The van der Waals surface area contributed by atoms with Crippen LogP contribution in [0.15, 0.2) is 87.6 Å². The molecule has 2 heterocycles. The third-order valence-corrected chi connectivity index (χ3v) is 8.25. The van der Waals surface area contributed by atoms with Gasteiger partial charge in [-0.25, -0.2) is 9.18 Å². The van der Waals surface area contributed by atoms with Crippen LogP contribution >= 0.6 is 0 Å². The van der Waals surface area contributed by atoms with E-state index in [4.69, 9.17) is 13.9 Å². The third-order valence-electron chi connectivity index (χ3n) is 8.25. The molecule has 2 amide bonds. The Morgan fingerprint density at radius 2 is 1.80 bits per heavy atom. The van der Waals surface area contributed by atoms with Gasteiger partial charge >= 0.3 is 5.63 Å². The van der Waals surface area contributed by atoms with Crippen molar-refractivity contribution in [1.29, 1.82) is 0 Å². The fraction of sp³-hybridized carbons (Fsp3) is 0.265. The van der Waals surface area contributed by atoms with Gasteiger partial charge in [-0.1, -0.05) is 30.3 Å². The number of nitrogens with zero attached hydrogens (tertiary/aromatic N) is 1. The molecule has 1 aliphatic heterocycles. The Morgan fingerprint density at radius 3 is 2.52 bits per heavy atom. The highest BCUT2D eigenvalue weighted by Gasteiger charge is 2.51. The van der Waals surface area contributed by atoms with Gasteiger partial charge in [0.15, 0.2) is 11.5 Å². The number of halogens is 1. The SMILES string of the molecule is COc1cc(CO)cc2c1O[C@@H]1[C@@H](O)[C@H](N(Cc3ccc(F)cc3)C(=O)c3cc4ccccc4oc3=O)C=C(C(=O)NCCO)[C@H]21. The van der Waals surface area contributed by atoms with Crippen LogP contribution in [0.1, 0.15) is 33.0 Å². The molecule has 4 aromatic rings. The van der Waals surface area contributed by atoms with Crippen LogP contribution in [-0.4, -0.2) is 70.5 Å². The average Bonchev–Trinajstić information content (AvgIpc) is 3.46. The molecule has 11 nitrogen and oxygen atoms in total. The minimum Gasteiger partial charge on any atom is -0.493 e. The first-order valence-corrected chi connectivity index (χ1v) is 14.6. The zero-order valence-electron chi connectivity index (χ0n) is 24.7. The summed E-state index contributed by atoms with van der Waals surface area (Å²) in [5, 5.41) is 34.3. The minimum absolute atomic E-state index is 0.0646. The van der Waals surface area contributed by atoms with Gasteiger partial charge in [-0.05, 0) is 53.6 Å². The maximum atomic E-state index is 14.3. The molecule has 0 saturated heterocycles. The zero-order chi connectivity index (χ0) is 32.5. The lowest BCUT2D eigenvalue weighted by Crippen LogP contribution is -2.55. The van der Waals surface area contributed by atoms with Crippen LogP contribution in [0.25, 0.3) is 11.0 Å². The first kappa shape index (κ1) is 31.0. The van der Waals surface area contributed by atoms with E-state index in [2.05, 4.69) is 5.32 Å². The molecule has 0 saturated carbocycles. The number of carbonyl (C=O) groups is 2. The fourth-order valence-corrected chi connectivity index (χ4v) is 6.08. The summed E-state index contributed by atoms with van der Waals surface area (Å²) in [6.07, 6.45) is -1.09. The van der Waals surface area contributed by atoms with Crippen LogP contribution in [0.4, 0.5) is 4.39 Å². The topological polar surface area (TPSA) is 159 Å². The molecule has 4 atom stereocenters. The summed E-state index contributed by atoms with van der Waals surface area (Å²) in [7, 11) is 1.42. The van der Waals surface area contributed by atoms with Crippen molar-refractivity contribution < 1.29 is 43.2 Å². The summed E-state index contributed by atoms with van der Waals surface area (Å²) in [6, 6.07) is 15.5. The quantitative estimate of drug-likeness (QED) is 0.204. The van der Waals surface area contributed by atoms with Gasteiger partial charge < -0.3 is 39.4 Å². The zero-order valence-corrected chi connectivity index (χ0v) is 24.7. The highest BCUT2D eigenvalue weighted by Crippen LogP contribution is 2.51. The van der Waals surface area contributed by atoms with Gasteiger partial charge in [-0.2, -0.15) is 0 Å². The van der Waals surface area contributed by atoms with Gasteiger partial charge in [0.1, 0.15) is 29.2 Å². The number of aliphatic hydroxyl groups is 3. The normalized spacial score (nSPS) is 19.9. The van der Waals surface area contributed by atoms with Gasteiger partial charge in [0.25, 0.3) is 5.91 Å². The maximum absolute atomic E-state index is 14.3. The van der Waals surface area contributed by atoms with Crippen molar-refractivity contribution in [1.82, 2.24) is 10.2 Å². The summed E-state index contributed by atoms with van der Waals surface area (Å²) in [6.45, 7) is -0.903. The number of ether oxygens (including phenoxy) is 2. The molecule has 3 aromatic carbocycles. The van der Waals surface area contributed by atoms with E-state index in [1.807, 2.05) is 0 Å². The fourth-order valence-electron chi connectivity index (χ4n) is 6.08. The van der Waals surface area contributed by atoms with Crippen LogP contribution in [0.3, 0.4) is 0 Å². The molecule has 12 heteroatoms. The second-order valence-corrected chi connectivity index (χ2v) is 11.1. The standard InChI is InChI=1S/C34H31FN2O9/c1-44-27-13-19(17-39)12-22-28-23(32(41)36-10-11-38)15-25(29(40)31(28)46-30(22)27)37(16-18-6-8-21(35)9-7-18)33(42)24-14-20-4-2-3-5-26(20)45-34(24)43/h2-9,12-15,25,28-29,31,38-40H,10-11,16-17H2,1H3,(H,36,41)/t25-,28+,29+,31+/m1/s1. The van der Waals surface area contributed by atoms with Crippen molar-refractivity contribution in [2.24, 2.45) is 0 Å². The maximum Gasteiger partial charge on any atom is 0.349 e. The molecule has 0 unspecified atom stereocenters. The molecule has 46 heavy (non-hydrogen) atoms. The molecule has 4 N–H and O–H groups in total. The molecular weight excluding hydrogens is 599 g/mol. The molecule has 0 radical (unpaired) electrons. The number of fused-ring (bicyclic) bond motifs is 4. The number of nitrogens with one attached hydrogen (secondary N) is 1. The van der Waals surface area contributed by atoms with Gasteiger partial charge in [0, 0.05) is 29.6 Å². The Bertz CT molecular complexity index is 1890. The number of aliphatic hydroxyl groups excluding tert-OH is 3. The molecule has 0 bridgehead atoms. The van der Waals surface area contributed by atoms with Gasteiger partial charge in [0.05, 0.1) is 32.3 Å². The molecule has 2 aliphatic rings. The van der Waals surface area contributed by atoms with E-state index in [0.717, 1.165) is 0 Å². The Balaban J connectivity index is 1.50. The van der Waals surface area contributed by atoms with Crippen molar-refractivity contribution in [3.05, 3.63) is 117 Å². The van der Waals surface area contributed by atoms with E-state index in [-0.39, 0.29) is 54.5 Å². The number of para-hydroxylation sites is 1. The summed E-state index contributed by atoms with van der Waals surface area (Å²) >= 11 is 0. The van der Waals surface area contributed by atoms with Crippen molar-refractivity contribution in [2.75, 3.05) is 20.3 Å². The monoisotopic (exact) mass is 630 g/mol. The Morgan fingerprint density at radius 1 is 1.04 bits per heavy atom. The molecule has 1 aromatic heterocycles. The van der Waals surface area contributed by atoms with E-state index in [1.165, 1.54) is 48.4 Å². The first-order valence-electron chi connectivity index (χ1n) is 14.6. The van der Waals surface area contributed by atoms with Gasteiger partial charge in [-0.15, -0.1) is 0 Å². The Kier molecular flexibility index (Phi) is 8.59. The number of benzene rings is 3. The van der Waals surface area contributed by atoms with E-state index >= 15 is 0 Å². The molecular formula is C34H31FN2O9. The predicted molar refractivity (Wildman–Crippen MR) is 163 cm³/mol. The first-order chi connectivity index (χ1) is 22.2. The third kappa shape index (κ3) is 5.62. The number of amides is 2. The second-order valence-electron chi connectivity index (χ2n) is 11.1. The van der Waals surface area contributed by atoms with Crippen LogP contribution in [0.5, 0.6) is 11.5 Å². The number of hydrogen-bond acceptors (Lipinski definition) is 9. The largest absolute Gasteiger partial charge is 0.493 e. The summed E-state index contributed by atoms with van der Waals surface area (Å²) in [5.41, 5.74) is 0.675. The molecule has 238 valence electrons. The van der Waals surface area contributed by atoms with Crippen LogP contribution in [-0.2, 0) is 17.9 Å². The number of methoxy groups -OCH3 is 1. The van der Waals surface area contributed by atoms with Crippen molar-refractivity contribution in [2.45, 2.75) is 37.3 Å². The lowest BCUT2D eigenvalue weighted by molar-refractivity contribution is -0.118. The van der Waals surface area contributed by atoms with Crippen molar-refractivity contribution in [3.63, 3.8) is 0 Å². The van der Waals surface area contributed by atoms with E-state index < -0.39 is 47.4 Å². The number of hydrogen-bond donors (Lipinski definition) is 4. The molecule has 1 aliphatic carbocycles. The van der Waals surface area contributed by atoms with Crippen molar-refractivity contribution >= 4 is 22.8 Å². The van der Waals surface area contributed by atoms with E-state index in [1.54, 1.807) is 36.4 Å². The summed E-state index contributed by atoms with van der Waals surface area (Å²) in [5.74, 6) is -2.16. The molecule has 0 fully saturated rings. The molecule has 0 spiro atoms. The Labute approximate surface area is 262 Å². The number of carbonyl (C=O) groups excluding carboxylic acids is 2. The summed E-state index contributed by atoms with van der Waals surface area (Å²) in [4.78, 5) is 42.2. The summed E-state index contributed by atoms with van der Waals surface area (Å²) < 4.78 is 31.0. The lowest BCUT2D eigenvalue weighted by atomic mass is 9.77. The van der Waals surface area contributed by atoms with Crippen LogP contribution in [0, 0.1) is 5.82 Å². The Hall–Kier alpha value is -5.04. The second kappa shape index (κ2) is 12.8. The van der Waals surface area contributed by atoms with E-state index in [9.17, 15) is 34.1 Å². The number of rotatable bonds is 9. The van der Waals surface area contributed by atoms with Gasteiger partial charge in [0.2, 0.25) is 5.91 Å². The molecule has 6 rings (SSSR count). The minimum atomic E-state index is -1.44. The predicted octanol–water partition coefficient (Wildman–Crippen LogP) is 2.40. The highest BCUT2D eigenvalue weighted by atomic mass is 19.1. The van der Waals surface area contributed by atoms with Crippen LogP contribution < -0.4 is 20.4 Å².